The minimum atomic E-state index is -0.139. The van der Waals surface area contributed by atoms with Crippen molar-refractivity contribution >= 4 is 40.3 Å². The molecule has 0 amide bonds. The van der Waals surface area contributed by atoms with Crippen molar-refractivity contribution in [2.24, 2.45) is 5.10 Å². The number of aldehydes is 1. The molecule has 1 rings (SSSR count). The molecule has 0 radical (unpaired) electrons. The highest BCUT2D eigenvalue weighted by Gasteiger charge is 1.92. The van der Waals surface area contributed by atoms with Crippen LogP contribution in [0.2, 0.25) is 5.02 Å². The van der Waals surface area contributed by atoms with Gasteiger partial charge in [0.1, 0.15) is 0 Å². The Kier molecular flexibility index (Phi) is 9.43. The molecule has 0 spiro atoms. The molecular weight excluding hydrogens is 263 g/mol. The van der Waals surface area contributed by atoms with E-state index < -0.39 is 0 Å². The van der Waals surface area contributed by atoms with Crippen LogP contribution in [0, 0.1) is 0 Å². The van der Waals surface area contributed by atoms with Crippen LogP contribution in [0.1, 0.15) is 6.92 Å². The summed E-state index contributed by atoms with van der Waals surface area (Å²) in [6.07, 6.45) is 0.444. The predicted molar refractivity (Wildman–Crippen MR) is 72.0 cm³/mol. The summed E-state index contributed by atoms with van der Waals surface area (Å²) in [6.45, 7) is 2.78. The Hall–Kier alpha value is -1.10. The zero-order valence-electron chi connectivity index (χ0n) is 9.61. The minimum Gasteiger partial charge on any atom is -0.385 e. The number of rotatable bonds is 4. The van der Waals surface area contributed by atoms with Gasteiger partial charge in [-0.3, -0.25) is 10.2 Å². The number of carbonyl (C=O) groups excluding carboxylic acids is 1. The number of benzene rings is 1. The number of nitrogens with one attached hydrogen (secondary N) is 1. The lowest BCUT2D eigenvalue weighted by molar-refractivity contribution is -0.102. The average molecular weight is 277 g/mol. The summed E-state index contributed by atoms with van der Waals surface area (Å²) in [6, 6.07) is 6.91. The lowest BCUT2D eigenvalue weighted by atomic mass is 10.3. The van der Waals surface area contributed by atoms with Crippen LogP contribution >= 0.6 is 23.2 Å². The van der Waals surface area contributed by atoms with Gasteiger partial charge in [-0.25, -0.2) is 0 Å². The molecule has 0 atom stereocenters. The Labute approximate surface area is 111 Å². The van der Waals surface area contributed by atoms with Gasteiger partial charge in [0.15, 0.2) is 11.5 Å². The molecule has 6 heteroatoms. The first kappa shape index (κ1) is 15.9. The normalized spacial score (nSPS) is 10.2. The van der Waals surface area contributed by atoms with Crippen molar-refractivity contribution in [1.29, 1.82) is 0 Å². The predicted octanol–water partition coefficient (Wildman–Crippen LogP) is 3.16. The van der Waals surface area contributed by atoms with E-state index in [0.717, 1.165) is 6.61 Å². The maximum absolute atomic E-state index is 10.1. The second kappa shape index (κ2) is 10.1. The molecule has 0 saturated carbocycles. The number of hydrogen-bond acceptors (Lipinski definition) is 4. The van der Waals surface area contributed by atoms with E-state index in [1.54, 1.807) is 31.4 Å². The summed E-state index contributed by atoms with van der Waals surface area (Å²) in [5.41, 5.74) is 3.25. The van der Waals surface area contributed by atoms with Crippen molar-refractivity contribution in [2.45, 2.75) is 6.92 Å². The van der Waals surface area contributed by atoms with Gasteiger partial charge in [0.05, 0.1) is 5.69 Å². The quantitative estimate of drug-likeness (QED) is 0.522. The molecule has 0 fully saturated rings. The molecule has 4 nitrogen and oxygen atoms in total. The number of ether oxygens (including phenoxy) is 1. The molecule has 1 aromatic carbocycles. The van der Waals surface area contributed by atoms with Crippen LogP contribution in [-0.4, -0.2) is 25.2 Å². The summed E-state index contributed by atoms with van der Waals surface area (Å²) in [4.78, 5) is 10.1. The van der Waals surface area contributed by atoms with Crippen LogP contribution in [0.15, 0.2) is 29.4 Å². The van der Waals surface area contributed by atoms with E-state index in [4.69, 9.17) is 23.2 Å². The lowest BCUT2D eigenvalue weighted by Crippen LogP contribution is -1.95. The number of hydrogen-bond donors (Lipinski definition) is 1. The Morgan fingerprint density at radius 1 is 1.59 bits per heavy atom. The van der Waals surface area contributed by atoms with Crippen molar-refractivity contribution in [1.82, 2.24) is 0 Å². The Balaban J connectivity index is 0.000000557. The summed E-state index contributed by atoms with van der Waals surface area (Å²) in [5, 5.41) is 4.01. The van der Waals surface area contributed by atoms with Gasteiger partial charge in [-0.2, -0.15) is 5.10 Å². The maximum atomic E-state index is 10.1. The number of halogens is 2. The van der Waals surface area contributed by atoms with E-state index in [1.165, 1.54) is 0 Å². The lowest BCUT2D eigenvalue weighted by Gasteiger charge is -1.99. The van der Waals surface area contributed by atoms with E-state index in [9.17, 15) is 4.79 Å². The van der Waals surface area contributed by atoms with Gasteiger partial charge in [-0.05, 0) is 25.1 Å². The fourth-order valence-electron chi connectivity index (χ4n) is 0.702. The molecule has 0 unspecified atom stereocenters. The molecule has 17 heavy (non-hydrogen) atoms. The second-order valence-corrected chi connectivity index (χ2v) is 3.58. The number of hydrazone groups is 1. The van der Waals surface area contributed by atoms with E-state index in [0.29, 0.717) is 17.0 Å². The minimum absolute atomic E-state index is 0.139. The van der Waals surface area contributed by atoms with Gasteiger partial charge in [-0.1, -0.05) is 29.3 Å². The number of nitrogens with zero attached hydrogens (tertiary/aromatic N) is 1. The fraction of sp³-hybridized carbons (Fsp3) is 0.273. The van der Waals surface area contributed by atoms with E-state index >= 15 is 0 Å². The average Bonchev–Trinajstić information content (AvgIpc) is 2.36. The molecule has 1 aromatic rings. The zero-order valence-corrected chi connectivity index (χ0v) is 11.1. The molecule has 1 N–H and O–H groups in total. The Morgan fingerprint density at radius 2 is 2.24 bits per heavy atom. The zero-order chi connectivity index (χ0) is 13.1. The summed E-state index contributed by atoms with van der Waals surface area (Å²) >= 11 is 11.0. The summed E-state index contributed by atoms with van der Waals surface area (Å²) in [5.74, 6) is 0. The molecule has 0 aliphatic rings. The van der Waals surface area contributed by atoms with Crippen molar-refractivity contribution < 1.29 is 9.53 Å². The van der Waals surface area contributed by atoms with Gasteiger partial charge in [0.2, 0.25) is 0 Å². The maximum Gasteiger partial charge on any atom is 0.189 e. The first-order valence-electron chi connectivity index (χ1n) is 4.82. The van der Waals surface area contributed by atoms with Gasteiger partial charge < -0.3 is 4.74 Å². The fourth-order valence-corrected chi connectivity index (χ4v) is 0.935. The highest BCUT2D eigenvalue weighted by Crippen LogP contribution is 2.14. The van der Waals surface area contributed by atoms with Crippen molar-refractivity contribution in [3.63, 3.8) is 0 Å². The molecule has 0 aliphatic carbocycles. The topological polar surface area (TPSA) is 50.7 Å². The van der Waals surface area contributed by atoms with Crippen LogP contribution in [0.5, 0.6) is 0 Å². The molecule has 0 heterocycles. The van der Waals surface area contributed by atoms with Crippen LogP contribution in [0.4, 0.5) is 5.69 Å². The van der Waals surface area contributed by atoms with Gasteiger partial charge in [0.25, 0.3) is 0 Å². The van der Waals surface area contributed by atoms with Gasteiger partial charge >= 0.3 is 0 Å². The van der Waals surface area contributed by atoms with Crippen LogP contribution < -0.4 is 5.43 Å². The first-order chi connectivity index (χ1) is 8.13. The van der Waals surface area contributed by atoms with Crippen LogP contribution in [-0.2, 0) is 9.53 Å². The molecule has 0 aromatic heterocycles. The highest BCUT2D eigenvalue weighted by atomic mass is 35.5. The Morgan fingerprint density at radius 3 is 2.71 bits per heavy atom. The first-order valence-corrected chi connectivity index (χ1v) is 5.58. The summed E-state index contributed by atoms with van der Waals surface area (Å²) < 4.78 is 4.54. The molecule has 94 valence electrons. The number of carbonyl (C=O) groups is 1. The highest BCUT2D eigenvalue weighted by molar-refractivity contribution is 6.79. The van der Waals surface area contributed by atoms with Gasteiger partial charge in [0, 0.05) is 18.7 Å². The largest absolute Gasteiger partial charge is 0.385 e. The molecule has 0 aliphatic heterocycles. The number of methoxy groups -OCH3 is 1. The van der Waals surface area contributed by atoms with E-state index in [-0.39, 0.29) is 5.17 Å². The van der Waals surface area contributed by atoms with E-state index in [1.807, 2.05) is 6.92 Å². The second-order valence-electron chi connectivity index (χ2n) is 2.75. The van der Waals surface area contributed by atoms with Gasteiger partial charge in [-0.15, -0.1) is 0 Å². The standard InChI is InChI=1S/C8H6Cl2N2O.C3H8O/c9-6-2-1-3-7(4-6)11-12-8(10)5-13;1-3-4-2/h1-5,11H;3H2,1-2H3/b12-8-;. The number of anilines is 1. The van der Waals surface area contributed by atoms with Crippen LogP contribution in [0.25, 0.3) is 0 Å². The SMILES string of the molecule is CCOC.O=C/C(Cl)=N/Nc1cccc(Cl)c1. The van der Waals surface area contributed by atoms with Crippen molar-refractivity contribution in [3.8, 4) is 0 Å². The third-order valence-electron chi connectivity index (χ3n) is 1.50. The Bertz CT molecular complexity index is 368. The van der Waals surface area contributed by atoms with Crippen LogP contribution in [0.3, 0.4) is 0 Å². The summed E-state index contributed by atoms with van der Waals surface area (Å²) in [7, 11) is 1.68. The smallest absolute Gasteiger partial charge is 0.189 e. The third-order valence-corrected chi connectivity index (χ3v) is 1.91. The molecule has 0 bridgehead atoms. The van der Waals surface area contributed by atoms with Crippen molar-refractivity contribution in [2.75, 3.05) is 19.1 Å². The third kappa shape index (κ3) is 8.68. The monoisotopic (exact) mass is 276 g/mol. The molecule has 0 saturated heterocycles. The molecular formula is C11H14Cl2N2O2. The van der Waals surface area contributed by atoms with E-state index in [2.05, 4.69) is 15.3 Å². The van der Waals surface area contributed by atoms with Crippen molar-refractivity contribution in [3.05, 3.63) is 29.3 Å².